The molecule has 0 saturated heterocycles. The molecule has 2 N–H and O–H groups in total. The second-order valence-corrected chi connectivity index (χ2v) is 5.51. The van der Waals surface area contributed by atoms with Gasteiger partial charge in [0.25, 0.3) is 0 Å². The minimum atomic E-state index is 0.0697. The molecule has 0 bridgehead atoms. The molecule has 0 aliphatic heterocycles. The predicted molar refractivity (Wildman–Crippen MR) is 78.2 cm³/mol. The van der Waals surface area contributed by atoms with Crippen molar-refractivity contribution >= 4 is 0 Å². The van der Waals surface area contributed by atoms with Crippen molar-refractivity contribution in [3.63, 3.8) is 0 Å². The SMILES string of the molecule is Cc1ccc(-c2cnc(C(CO)C(C)C)[nH]2)cc1C. The third-order valence-corrected chi connectivity index (χ3v) is 3.77. The fourth-order valence-electron chi connectivity index (χ4n) is 2.19. The van der Waals surface area contributed by atoms with Gasteiger partial charge in [-0.15, -0.1) is 0 Å². The Hall–Kier alpha value is -1.61. The van der Waals surface area contributed by atoms with E-state index in [1.165, 1.54) is 11.1 Å². The van der Waals surface area contributed by atoms with Gasteiger partial charge in [0.15, 0.2) is 0 Å². The third-order valence-electron chi connectivity index (χ3n) is 3.77. The van der Waals surface area contributed by atoms with E-state index in [1.54, 1.807) is 0 Å². The van der Waals surface area contributed by atoms with Crippen LogP contribution in [0.4, 0.5) is 0 Å². The zero-order chi connectivity index (χ0) is 14.0. The minimum absolute atomic E-state index is 0.0697. The number of hydrogen-bond acceptors (Lipinski definition) is 2. The first-order valence-electron chi connectivity index (χ1n) is 6.76. The lowest BCUT2D eigenvalue weighted by Gasteiger charge is -2.15. The van der Waals surface area contributed by atoms with E-state index in [0.29, 0.717) is 5.92 Å². The maximum atomic E-state index is 9.45. The first-order valence-corrected chi connectivity index (χ1v) is 6.76. The molecule has 19 heavy (non-hydrogen) atoms. The summed E-state index contributed by atoms with van der Waals surface area (Å²) in [6, 6.07) is 6.38. The number of H-pyrrole nitrogens is 1. The van der Waals surface area contributed by atoms with Crippen molar-refractivity contribution < 1.29 is 5.11 Å². The quantitative estimate of drug-likeness (QED) is 0.882. The molecule has 1 heterocycles. The second-order valence-electron chi connectivity index (χ2n) is 5.51. The fraction of sp³-hybridized carbons (Fsp3) is 0.438. The van der Waals surface area contributed by atoms with E-state index in [1.807, 2.05) is 6.20 Å². The van der Waals surface area contributed by atoms with Gasteiger partial charge in [-0.2, -0.15) is 0 Å². The monoisotopic (exact) mass is 258 g/mol. The topological polar surface area (TPSA) is 48.9 Å². The number of benzene rings is 1. The standard InChI is InChI=1S/C16H22N2O/c1-10(2)14(9-19)16-17-8-15(18-16)13-6-5-11(3)12(4)7-13/h5-8,10,14,19H,9H2,1-4H3,(H,17,18). The number of nitrogens with one attached hydrogen (secondary N) is 1. The van der Waals surface area contributed by atoms with Gasteiger partial charge in [-0.25, -0.2) is 4.98 Å². The highest BCUT2D eigenvalue weighted by Crippen LogP contribution is 2.25. The number of rotatable bonds is 4. The number of nitrogens with zero attached hydrogens (tertiary/aromatic N) is 1. The molecular weight excluding hydrogens is 236 g/mol. The Labute approximate surface area is 114 Å². The summed E-state index contributed by atoms with van der Waals surface area (Å²) in [5.41, 5.74) is 4.72. The first kappa shape index (κ1) is 13.8. The van der Waals surface area contributed by atoms with Crippen LogP contribution in [-0.4, -0.2) is 21.7 Å². The van der Waals surface area contributed by atoms with Crippen molar-refractivity contribution in [2.75, 3.05) is 6.61 Å². The summed E-state index contributed by atoms with van der Waals surface area (Å²) < 4.78 is 0. The molecular formula is C16H22N2O. The van der Waals surface area contributed by atoms with Crippen LogP contribution < -0.4 is 0 Å². The fourth-order valence-corrected chi connectivity index (χ4v) is 2.19. The molecule has 0 aliphatic carbocycles. The third kappa shape index (κ3) is 2.87. The van der Waals surface area contributed by atoms with Crippen molar-refractivity contribution in [1.82, 2.24) is 9.97 Å². The molecule has 3 nitrogen and oxygen atoms in total. The number of aliphatic hydroxyl groups excluding tert-OH is 1. The lowest BCUT2D eigenvalue weighted by Crippen LogP contribution is -2.12. The molecule has 2 rings (SSSR count). The molecule has 0 fully saturated rings. The molecule has 0 radical (unpaired) electrons. The molecule has 0 saturated carbocycles. The Morgan fingerprint density at radius 1 is 1.21 bits per heavy atom. The average molecular weight is 258 g/mol. The summed E-state index contributed by atoms with van der Waals surface area (Å²) in [6.07, 6.45) is 1.85. The minimum Gasteiger partial charge on any atom is -0.396 e. The molecule has 1 aromatic carbocycles. The van der Waals surface area contributed by atoms with Crippen LogP contribution in [0.3, 0.4) is 0 Å². The van der Waals surface area contributed by atoms with Crippen LogP contribution in [0.25, 0.3) is 11.3 Å². The first-order chi connectivity index (χ1) is 9.02. The Kier molecular flexibility index (Phi) is 4.05. The van der Waals surface area contributed by atoms with Gasteiger partial charge >= 0.3 is 0 Å². The van der Waals surface area contributed by atoms with Gasteiger partial charge < -0.3 is 10.1 Å². The zero-order valence-electron chi connectivity index (χ0n) is 12.1. The normalized spacial score (nSPS) is 12.9. The Morgan fingerprint density at radius 3 is 2.53 bits per heavy atom. The summed E-state index contributed by atoms with van der Waals surface area (Å²) in [6.45, 7) is 8.54. The van der Waals surface area contributed by atoms with Gasteiger partial charge in [-0.1, -0.05) is 26.0 Å². The van der Waals surface area contributed by atoms with Crippen LogP contribution in [-0.2, 0) is 0 Å². The van der Waals surface area contributed by atoms with Gasteiger partial charge in [0, 0.05) is 5.92 Å². The number of aliphatic hydroxyl groups is 1. The number of imidazole rings is 1. The molecule has 0 amide bonds. The maximum absolute atomic E-state index is 9.45. The van der Waals surface area contributed by atoms with E-state index in [2.05, 4.69) is 55.9 Å². The van der Waals surface area contributed by atoms with Crippen molar-refractivity contribution in [1.29, 1.82) is 0 Å². The van der Waals surface area contributed by atoms with E-state index in [4.69, 9.17) is 0 Å². The Balaban J connectivity index is 2.32. The van der Waals surface area contributed by atoms with Crippen LogP contribution >= 0.6 is 0 Å². The number of aromatic nitrogens is 2. The summed E-state index contributed by atoms with van der Waals surface area (Å²) in [5, 5.41) is 9.45. The van der Waals surface area contributed by atoms with Gasteiger partial charge in [0.05, 0.1) is 18.5 Å². The molecule has 0 aliphatic rings. The molecule has 1 atom stereocenters. The van der Waals surface area contributed by atoms with Crippen LogP contribution in [0.2, 0.25) is 0 Å². The zero-order valence-corrected chi connectivity index (χ0v) is 12.1. The van der Waals surface area contributed by atoms with Gasteiger partial charge in [-0.05, 0) is 42.5 Å². The van der Waals surface area contributed by atoms with Crippen molar-refractivity contribution in [3.8, 4) is 11.3 Å². The molecule has 1 unspecified atom stereocenters. The number of hydrogen-bond donors (Lipinski definition) is 2. The molecule has 102 valence electrons. The molecule has 3 heteroatoms. The summed E-state index contributed by atoms with van der Waals surface area (Å²) in [4.78, 5) is 7.76. The van der Waals surface area contributed by atoms with E-state index >= 15 is 0 Å². The molecule has 2 aromatic rings. The van der Waals surface area contributed by atoms with Crippen LogP contribution in [0, 0.1) is 19.8 Å². The summed E-state index contributed by atoms with van der Waals surface area (Å²) in [5.74, 6) is 1.30. The lowest BCUT2D eigenvalue weighted by atomic mass is 9.96. The van der Waals surface area contributed by atoms with Crippen molar-refractivity contribution in [3.05, 3.63) is 41.3 Å². The highest BCUT2D eigenvalue weighted by Gasteiger charge is 2.18. The highest BCUT2D eigenvalue weighted by atomic mass is 16.3. The maximum Gasteiger partial charge on any atom is 0.112 e. The van der Waals surface area contributed by atoms with E-state index in [-0.39, 0.29) is 12.5 Å². The average Bonchev–Trinajstić information content (AvgIpc) is 2.82. The smallest absolute Gasteiger partial charge is 0.112 e. The van der Waals surface area contributed by atoms with Gasteiger partial charge in [0.1, 0.15) is 5.82 Å². The number of aromatic amines is 1. The summed E-state index contributed by atoms with van der Waals surface area (Å²) in [7, 11) is 0. The number of aryl methyl sites for hydroxylation is 2. The van der Waals surface area contributed by atoms with E-state index < -0.39 is 0 Å². The van der Waals surface area contributed by atoms with Crippen LogP contribution in [0.15, 0.2) is 24.4 Å². The largest absolute Gasteiger partial charge is 0.396 e. The van der Waals surface area contributed by atoms with E-state index in [9.17, 15) is 5.11 Å². The van der Waals surface area contributed by atoms with Gasteiger partial charge in [0.2, 0.25) is 0 Å². The Bertz CT molecular complexity index is 558. The lowest BCUT2D eigenvalue weighted by molar-refractivity contribution is 0.232. The predicted octanol–water partition coefficient (Wildman–Crippen LogP) is 3.43. The summed E-state index contributed by atoms with van der Waals surface area (Å²) >= 11 is 0. The highest BCUT2D eigenvalue weighted by molar-refractivity contribution is 5.60. The van der Waals surface area contributed by atoms with Crippen LogP contribution in [0.5, 0.6) is 0 Å². The van der Waals surface area contributed by atoms with Gasteiger partial charge in [-0.3, -0.25) is 0 Å². The molecule has 1 aromatic heterocycles. The Morgan fingerprint density at radius 2 is 1.95 bits per heavy atom. The van der Waals surface area contributed by atoms with Crippen molar-refractivity contribution in [2.24, 2.45) is 5.92 Å². The second kappa shape index (κ2) is 5.57. The van der Waals surface area contributed by atoms with Crippen LogP contribution in [0.1, 0.15) is 36.7 Å². The molecule has 0 spiro atoms. The van der Waals surface area contributed by atoms with E-state index in [0.717, 1.165) is 17.1 Å². The van der Waals surface area contributed by atoms with Crippen molar-refractivity contribution in [2.45, 2.75) is 33.6 Å².